The highest BCUT2D eigenvalue weighted by atomic mass is 19.1. The molecule has 1 aromatic heterocycles. The van der Waals surface area contributed by atoms with Crippen LogP contribution in [0.1, 0.15) is 39.8 Å². The Kier molecular flexibility index (Phi) is 7.05. The maximum atomic E-state index is 14.2. The maximum Gasteiger partial charge on any atom is 0.329 e. The maximum absolute atomic E-state index is 14.2. The monoisotopic (exact) mass is 553 g/mol. The number of carbonyl (C=O) groups excluding carboxylic acids is 2. The van der Waals surface area contributed by atoms with E-state index in [1.807, 2.05) is 36.7 Å². The second-order valence-corrected chi connectivity index (χ2v) is 10.8. The highest BCUT2D eigenvalue weighted by Gasteiger charge is 2.28. The zero-order valence-corrected chi connectivity index (χ0v) is 23.4. The van der Waals surface area contributed by atoms with E-state index in [-0.39, 0.29) is 24.8 Å². The van der Waals surface area contributed by atoms with Gasteiger partial charge in [0.2, 0.25) is 5.91 Å². The molecule has 1 N–H and O–H groups in total. The van der Waals surface area contributed by atoms with Gasteiger partial charge >= 0.3 is 6.03 Å². The van der Waals surface area contributed by atoms with Crippen molar-refractivity contribution in [1.29, 1.82) is 0 Å². The molecule has 3 amide bonds. The number of ether oxygens (including phenoxy) is 1. The number of amides is 3. The van der Waals surface area contributed by atoms with Gasteiger partial charge in [0.25, 0.3) is 0 Å². The van der Waals surface area contributed by atoms with Crippen molar-refractivity contribution in [1.82, 2.24) is 19.8 Å². The van der Waals surface area contributed by atoms with Crippen LogP contribution in [0.3, 0.4) is 0 Å². The fraction of sp³-hybridized carbons (Fsp3) is 0.281. The van der Waals surface area contributed by atoms with Crippen molar-refractivity contribution >= 4 is 17.8 Å². The Bertz CT molecular complexity index is 1640. The van der Waals surface area contributed by atoms with Gasteiger partial charge in [-0.05, 0) is 65.9 Å². The normalized spacial score (nSPS) is 15.3. The third-order valence-electron chi connectivity index (χ3n) is 7.99. The Balaban J connectivity index is 1.12. The van der Waals surface area contributed by atoms with Crippen molar-refractivity contribution in [2.45, 2.75) is 46.5 Å². The summed E-state index contributed by atoms with van der Waals surface area (Å²) in [4.78, 5) is 32.4. The average Bonchev–Trinajstić information content (AvgIpc) is 3.52. The minimum absolute atomic E-state index is 0.198. The molecule has 4 aromatic rings. The summed E-state index contributed by atoms with van der Waals surface area (Å²) in [6, 6.07) is 17.1. The van der Waals surface area contributed by atoms with Crippen molar-refractivity contribution in [3.63, 3.8) is 0 Å². The van der Waals surface area contributed by atoms with Crippen LogP contribution in [0.25, 0.3) is 11.4 Å². The highest BCUT2D eigenvalue weighted by Crippen LogP contribution is 2.31. The molecule has 6 rings (SSSR count). The summed E-state index contributed by atoms with van der Waals surface area (Å²) in [6.45, 7) is 6.98. The van der Waals surface area contributed by atoms with E-state index in [4.69, 9.17) is 4.74 Å². The van der Waals surface area contributed by atoms with Crippen LogP contribution in [-0.4, -0.2) is 32.9 Å². The van der Waals surface area contributed by atoms with Gasteiger partial charge in [-0.3, -0.25) is 19.9 Å². The summed E-state index contributed by atoms with van der Waals surface area (Å²) in [7, 11) is 1.88. The van der Waals surface area contributed by atoms with Crippen LogP contribution in [0.2, 0.25) is 0 Å². The fourth-order valence-electron chi connectivity index (χ4n) is 5.60. The fourth-order valence-corrected chi connectivity index (χ4v) is 5.60. The summed E-state index contributed by atoms with van der Waals surface area (Å²) in [6.07, 6.45) is 1.95. The molecule has 0 unspecified atom stereocenters. The number of nitrogens with one attached hydrogen (secondary N) is 1. The summed E-state index contributed by atoms with van der Waals surface area (Å²) in [5.74, 6) is 1.64. The van der Waals surface area contributed by atoms with Crippen LogP contribution < -0.4 is 15.0 Å². The SMILES string of the molecule is Cc1cc(OCc2c(C)cccc2F)ccc1CN1Cc2ccc(-c3ncc(N4CCC(=O)NC4=O)n3C)cc2C1. The van der Waals surface area contributed by atoms with E-state index < -0.39 is 6.03 Å². The number of nitrogens with zero attached hydrogens (tertiary/aromatic N) is 4. The first-order chi connectivity index (χ1) is 19.8. The van der Waals surface area contributed by atoms with Gasteiger partial charge in [-0.2, -0.15) is 0 Å². The molecule has 2 aliphatic rings. The average molecular weight is 554 g/mol. The van der Waals surface area contributed by atoms with Crippen LogP contribution in [-0.2, 0) is 38.1 Å². The number of carbonyl (C=O) groups is 2. The molecule has 0 spiro atoms. The molecular formula is C32H32FN5O3. The zero-order valence-electron chi connectivity index (χ0n) is 23.4. The van der Waals surface area contributed by atoms with Crippen LogP contribution in [0.15, 0.2) is 60.8 Å². The molecule has 0 saturated carbocycles. The number of hydrogen-bond acceptors (Lipinski definition) is 5. The van der Waals surface area contributed by atoms with E-state index in [9.17, 15) is 14.0 Å². The van der Waals surface area contributed by atoms with Crippen molar-refractivity contribution in [2.75, 3.05) is 11.4 Å². The molecule has 0 bridgehead atoms. The zero-order chi connectivity index (χ0) is 28.7. The predicted molar refractivity (Wildman–Crippen MR) is 154 cm³/mol. The molecule has 3 heterocycles. The van der Waals surface area contributed by atoms with E-state index in [0.717, 1.165) is 47.9 Å². The molecule has 9 heteroatoms. The second kappa shape index (κ2) is 10.8. The number of imide groups is 1. The lowest BCUT2D eigenvalue weighted by Crippen LogP contribution is -2.50. The van der Waals surface area contributed by atoms with Gasteiger partial charge < -0.3 is 9.30 Å². The van der Waals surface area contributed by atoms with Gasteiger partial charge in [0.05, 0.1) is 6.20 Å². The van der Waals surface area contributed by atoms with Crippen LogP contribution in [0.4, 0.5) is 15.0 Å². The first-order valence-corrected chi connectivity index (χ1v) is 13.7. The molecule has 1 fully saturated rings. The van der Waals surface area contributed by atoms with E-state index in [1.165, 1.54) is 22.8 Å². The number of aryl methyl sites for hydroxylation is 2. The quantitative estimate of drug-likeness (QED) is 0.332. The Morgan fingerprint density at radius 2 is 1.83 bits per heavy atom. The van der Waals surface area contributed by atoms with Crippen LogP contribution >= 0.6 is 0 Å². The van der Waals surface area contributed by atoms with E-state index in [2.05, 4.69) is 46.4 Å². The summed E-state index contributed by atoms with van der Waals surface area (Å²) < 4.78 is 22.0. The lowest BCUT2D eigenvalue weighted by Gasteiger charge is -2.26. The Hall–Kier alpha value is -4.50. The number of halogens is 1. The third-order valence-corrected chi connectivity index (χ3v) is 7.99. The molecule has 2 aliphatic heterocycles. The van der Waals surface area contributed by atoms with Crippen molar-refractivity contribution in [2.24, 2.45) is 7.05 Å². The van der Waals surface area contributed by atoms with E-state index in [0.29, 0.717) is 17.9 Å². The Morgan fingerprint density at radius 1 is 1.00 bits per heavy atom. The molecule has 0 radical (unpaired) electrons. The number of hydrogen-bond donors (Lipinski definition) is 1. The van der Waals surface area contributed by atoms with Crippen molar-refractivity contribution in [3.05, 3.63) is 100.0 Å². The molecule has 41 heavy (non-hydrogen) atoms. The third kappa shape index (κ3) is 5.32. The van der Waals surface area contributed by atoms with E-state index in [1.54, 1.807) is 17.2 Å². The van der Waals surface area contributed by atoms with Gasteiger partial charge in [-0.15, -0.1) is 0 Å². The molecule has 8 nitrogen and oxygen atoms in total. The van der Waals surface area contributed by atoms with Crippen molar-refractivity contribution < 1.29 is 18.7 Å². The van der Waals surface area contributed by atoms with Gasteiger partial charge in [-0.1, -0.05) is 30.3 Å². The number of benzene rings is 3. The van der Waals surface area contributed by atoms with Crippen LogP contribution in [0.5, 0.6) is 5.75 Å². The minimum Gasteiger partial charge on any atom is -0.489 e. The standard InChI is InChI=1S/C32H32FN5O3/c1-20-5-4-6-28(33)27(20)19-41-26-10-9-23(21(2)13-26)16-37-17-24-8-7-22(14-25(24)18-37)31-34-15-30(36(31)3)38-12-11-29(39)35-32(38)40/h4-10,13-15H,11-12,16-19H2,1-3H3,(H,35,39,40). The van der Waals surface area contributed by atoms with Gasteiger partial charge in [0.1, 0.15) is 29.8 Å². The number of fused-ring (bicyclic) bond motifs is 1. The predicted octanol–water partition coefficient (Wildman–Crippen LogP) is 5.38. The van der Waals surface area contributed by atoms with Gasteiger partial charge in [0, 0.05) is 50.8 Å². The first kappa shape index (κ1) is 26.7. The van der Waals surface area contributed by atoms with Gasteiger partial charge in [-0.25, -0.2) is 14.2 Å². The number of anilines is 1. The number of imidazole rings is 1. The Labute approximate surface area is 238 Å². The minimum atomic E-state index is -0.421. The lowest BCUT2D eigenvalue weighted by atomic mass is 10.1. The smallest absolute Gasteiger partial charge is 0.329 e. The summed E-state index contributed by atoms with van der Waals surface area (Å²) in [5, 5.41) is 2.37. The molecule has 0 atom stereocenters. The van der Waals surface area contributed by atoms with E-state index >= 15 is 0 Å². The number of aromatic nitrogens is 2. The molecule has 1 saturated heterocycles. The van der Waals surface area contributed by atoms with Crippen LogP contribution in [0, 0.1) is 19.7 Å². The number of rotatable bonds is 7. The van der Waals surface area contributed by atoms with Gasteiger partial charge in [0.15, 0.2) is 0 Å². The molecular weight excluding hydrogens is 521 g/mol. The largest absolute Gasteiger partial charge is 0.489 e. The van der Waals surface area contributed by atoms with Crippen molar-refractivity contribution in [3.8, 4) is 17.1 Å². The highest BCUT2D eigenvalue weighted by molar-refractivity contribution is 6.05. The second-order valence-electron chi connectivity index (χ2n) is 10.8. The summed E-state index contributed by atoms with van der Waals surface area (Å²) in [5.41, 5.74) is 7.34. The molecule has 3 aromatic carbocycles. The first-order valence-electron chi connectivity index (χ1n) is 13.7. The molecule has 210 valence electrons. The Morgan fingerprint density at radius 3 is 2.61 bits per heavy atom. The summed E-state index contributed by atoms with van der Waals surface area (Å²) >= 11 is 0. The number of urea groups is 1. The topological polar surface area (TPSA) is 79.7 Å². The molecule has 0 aliphatic carbocycles. The lowest BCUT2D eigenvalue weighted by molar-refractivity contribution is -0.120.